The molecule has 0 heterocycles. The lowest BCUT2D eigenvalue weighted by Crippen LogP contribution is -1.85. The fourth-order valence-electron chi connectivity index (χ4n) is 0.865. The van der Waals surface area contributed by atoms with Gasteiger partial charge in [-0.15, -0.1) is 0 Å². The largest absolute Gasteiger partial charge is 0.494 e. The molecule has 0 saturated heterocycles. The monoisotopic (exact) mass is 166 g/mol. The first-order valence-electron chi connectivity index (χ1n) is 3.75. The van der Waals surface area contributed by atoms with E-state index in [1.54, 1.807) is 0 Å². The summed E-state index contributed by atoms with van der Waals surface area (Å²) >= 11 is 0. The van der Waals surface area contributed by atoms with Gasteiger partial charge in [-0.05, 0) is 12.5 Å². The summed E-state index contributed by atoms with van der Waals surface area (Å²) in [4.78, 5) is 0. The number of aryl methyl sites for hydroxylation is 1. The first kappa shape index (κ1) is 8.78. The first-order valence-corrected chi connectivity index (χ1v) is 3.75. The third-order valence-electron chi connectivity index (χ3n) is 1.52. The second kappa shape index (κ2) is 4.54. The van der Waals surface area contributed by atoms with Gasteiger partial charge >= 0.3 is 0 Å². The van der Waals surface area contributed by atoms with Gasteiger partial charge in [-0.1, -0.05) is 29.8 Å². The van der Waals surface area contributed by atoms with Crippen LogP contribution in [0.4, 0.5) is 4.39 Å². The molecule has 1 nitrogen and oxygen atoms in total. The molecule has 0 aromatic heterocycles. The molecule has 0 atom stereocenters. The van der Waals surface area contributed by atoms with Gasteiger partial charge in [0, 0.05) is 0 Å². The smallest absolute Gasteiger partial charge is 0.121 e. The Kier molecular flexibility index (Phi) is 3.33. The Hall–Kier alpha value is -1.31. The first-order chi connectivity index (χ1) is 5.83. The van der Waals surface area contributed by atoms with Crippen molar-refractivity contribution < 1.29 is 9.13 Å². The average Bonchev–Trinajstić information content (AvgIpc) is 2.09. The van der Waals surface area contributed by atoms with Gasteiger partial charge in [-0.25, -0.2) is 4.39 Å². The van der Waals surface area contributed by atoms with Crippen LogP contribution in [0.25, 0.3) is 0 Å². The molecule has 1 aromatic rings. The van der Waals surface area contributed by atoms with Crippen LogP contribution in [0.2, 0.25) is 0 Å². The standard InChI is InChI=1S/C10H11FO/c1-9-2-4-10(5-3-9)8-12-7-6-11/h2-7H,8H2,1H3/b7-6-. The Bertz CT molecular complexity index is 251. The molecule has 0 aliphatic carbocycles. The highest BCUT2D eigenvalue weighted by molar-refractivity contribution is 5.20. The van der Waals surface area contributed by atoms with Crippen LogP contribution in [0, 0.1) is 6.92 Å². The zero-order chi connectivity index (χ0) is 8.81. The summed E-state index contributed by atoms with van der Waals surface area (Å²) < 4.78 is 16.3. The molecule has 0 amide bonds. The van der Waals surface area contributed by atoms with Crippen LogP contribution in [0.5, 0.6) is 0 Å². The van der Waals surface area contributed by atoms with Gasteiger partial charge in [-0.3, -0.25) is 0 Å². The molecule has 12 heavy (non-hydrogen) atoms. The predicted octanol–water partition coefficient (Wildman–Crippen LogP) is 2.95. The number of ether oxygens (including phenoxy) is 1. The Labute approximate surface area is 71.5 Å². The van der Waals surface area contributed by atoms with Crippen molar-refractivity contribution in [1.82, 2.24) is 0 Å². The van der Waals surface area contributed by atoms with Crippen LogP contribution in [-0.2, 0) is 11.3 Å². The zero-order valence-electron chi connectivity index (χ0n) is 6.96. The van der Waals surface area contributed by atoms with Crippen LogP contribution in [0.3, 0.4) is 0 Å². The third kappa shape index (κ3) is 2.74. The molecule has 0 aliphatic rings. The van der Waals surface area contributed by atoms with Crippen molar-refractivity contribution >= 4 is 0 Å². The summed E-state index contributed by atoms with van der Waals surface area (Å²) in [7, 11) is 0. The van der Waals surface area contributed by atoms with Crippen LogP contribution >= 0.6 is 0 Å². The van der Waals surface area contributed by atoms with Crippen LogP contribution in [0.15, 0.2) is 36.9 Å². The molecular weight excluding hydrogens is 155 g/mol. The van der Waals surface area contributed by atoms with E-state index < -0.39 is 0 Å². The molecule has 0 spiro atoms. The maximum absolute atomic E-state index is 11.5. The highest BCUT2D eigenvalue weighted by Gasteiger charge is 1.89. The van der Waals surface area contributed by atoms with E-state index in [1.807, 2.05) is 31.2 Å². The van der Waals surface area contributed by atoms with Gasteiger partial charge in [0.2, 0.25) is 0 Å². The van der Waals surface area contributed by atoms with Crippen molar-refractivity contribution in [3.05, 3.63) is 48.0 Å². The Morgan fingerprint density at radius 2 is 2.00 bits per heavy atom. The lowest BCUT2D eigenvalue weighted by Gasteiger charge is -2.00. The maximum Gasteiger partial charge on any atom is 0.121 e. The summed E-state index contributed by atoms with van der Waals surface area (Å²) in [5.41, 5.74) is 2.25. The fourth-order valence-corrected chi connectivity index (χ4v) is 0.865. The Morgan fingerprint density at radius 3 is 2.58 bits per heavy atom. The van der Waals surface area contributed by atoms with E-state index in [0.717, 1.165) is 11.8 Å². The van der Waals surface area contributed by atoms with Crippen molar-refractivity contribution in [2.45, 2.75) is 13.5 Å². The molecule has 1 rings (SSSR count). The van der Waals surface area contributed by atoms with Crippen LogP contribution in [0.1, 0.15) is 11.1 Å². The summed E-state index contributed by atoms with van der Waals surface area (Å²) in [6.45, 7) is 2.44. The molecule has 64 valence electrons. The van der Waals surface area contributed by atoms with Gasteiger partial charge in [0.25, 0.3) is 0 Å². The summed E-state index contributed by atoms with van der Waals surface area (Å²) in [6.07, 6.45) is 1.42. The number of rotatable bonds is 3. The molecule has 0 bridgehead atoms. The van der Waals surface area contributed by atoms with E-state index in [1.165, 1.54) is 5.56 Å². The van der Waals surface area contributed by atoms with E-state index in [0.29, 0.717) is 12.9 Å². The minimum Gasteiger partial charge on any atom is -0.494 e. The minimum absolute atomic E-state index is 0.383. The van der Waals surface area contributed by atoms with E-state index in [2.05, 4.69) is 0 Å². The molecular formula is C10H11FO. The number of benzene rings is 1. The van der Waals surface area contributed by atoms with Crippen molar-refractivity contribution in [3.63, 3.8) is 0 Å². The number of hydrogen-bond donors (Lipinski definition) is 0. The van der Waals surface area contributed by atoms with Crippen molar-refractivity contribution in [2.75, 3.05) is 0 Å². The molecule has 0 N–H and O–H groups in total. The zero-order valence-corrected chi connectivity index (χ0v) is 6.96. The average molecular weight is 166 g/mol. The van der Waals surface area contributed by atoms with Crippen molar-refractivity contribution in [2.24, 2.45) is 0 Å². The van der Waals surface area contributed by atoms with Gasteiger partial charge < -0.3 is 4.74 Å². The van der Waals surface area contributed by atoms with E-state index in [4.69, 9.17) is 4.74 Å². The molecule has 1 aromatic carbocycles. The number of hydrogen-bond acceptors (Lipinski definition) is 1. The fraction of sp³-hybridized carbons (Fsp3) is 0.200. The maximum atomic E-state index is 11.5. The molecule has 0 radical (unpaired) electrons. The summed E-state index contributed by atoms with van der Waals surface area (Å²) in [6, 6.07) is 7.92. The Morgan fingerprint density at radius 1 is 1.33 bits per heavy atom. The second-order valence-electron chi connectivity index (χ2n) is 2.56. The van der Waals surface area contributed by atoms with Crippen LogP contribution in [-0.4, -0.2) is 0 Å². The van der Waals surface area contributed by atoms with Crippen LogP contribution < -0.4 is 0 Å². The quantitative estimate of drug-likeness (QED) is 0.627. The topological polar surface area (TPSA) is 9.23 Å². The third-order valence-corrected chi connectivity index (χ3v) is 1.52. The highest BCUT2D eigenvalue weighted by atomic mass is 19.1. The minimum atomic E-state index is 0.383. The lowest BCUT2D eigenvalue weighted by atomic mass is 10.2. The molecule has 0 unspecified atom stereocenters. The summed E-state index contributed by atoms with van der Waals surface area (Å²) in [5.74, 6) is 0. The van der Waals surface area contributed by atoms with Gasteiger partial charge in [0.1, 0.15) is 19.2 Å². The van der Waals surface area contributed by atoms with E-state index in [9.17, 15) is 4.39 Å². The lowest BCUT2D eigenvalue weighted by molar-refractivity contribution is 0.231. The normalized spacial score (nSPS) is 10.5. The second-order valence-corrected chi connectivity index (χ2v) is 2.56. The predicted molar refractivity (Wildman–Crippen MR) is 46.2 cm³/mol. The van der Waals surface area contributed by atoms with Crippen molar-refractivity contribution in [3.8, 4) is 0 Å². The molecule has 0 saturated carbocycles. The molecule has 0 fully saturated rings. The summed E-state index contributed by atoms with van der Waals surface area (Å²) in [5, 5.41) is 0. The Balaban J connectivity index is 2.47. The SMILES string of the molecule is Cc1ccc(CO/C=C\F)cc1. The molecule has 2 heteroatoms. The van der Waals surface area contributed by atoms with Gasteiger partial charge in [-0.2, -0.15) is 0 Å². The van der Waals surface area contributed by atoms with E-state index in [-0.39, 0.29) is 0 Å². The van der Waals surface area contributed by atoms with Gasteiger partial charge in [0.15, 0.2) is 0 Å². The number of halogens is 1. The van der Waals surface area contributed by atoms with Gasteiger partial charge in [0.05, 0.1) is 0 Å². The van der Waals surface area contributed by atoms with Crippen molar-refractivity contribution in [1.29, 1.82) is 0 Å². The van der Waals surface area contributed by atoms with E-state index >= 15 is 0 Å². The molecule has 0 aliphatic heterocycles. The highest BCUT2D eigenvalue weighted by Crippen LogP contribution is 2.04.